The van der Waals surface area contributed by atoms with Crippen LogP contribution in [0.5, 0.6) is 0 Å². The molecule has 0 saturated heterocycles. The van der Waals surface area contributed by atoms with Gasteiger partial charge in [0, 0.05) is 19.0 Å². The van der Waals surface area contributed by atoms with Crippen LogP contribution in [0.4, 0.5) is 0 Å². The molecule has 0 spiro atoms. The summed E-state index contributed by atoms with van der Waals surface area (Å²) in [6.07, 6.45) is 0.567. The minimum atomic E-state index is 0.328. The van der Waals surface area contributed by atoms with Crippen molar-refractivity contribution in [3.05, 3.63) is 35.9 Å². The SMILES string of the molecule is C[C@H](NCCC#N)c1ccccc1. The van der Waals surface area contributed by atoms with E-state index >= 15 is 0 Å². The quantitative estimate of drug-likeness (QED) is 0.711. The Morgan fingerprint density at radius 2 is 2.08 bits per heavy atom. The zero-order chi connectivity index (χ0) is 9.52. The van der Waals surface area contributed by atoms with E-state index in [4.69, 9.17) is 5.26 Å². The average Bonchev–Trinajstić information content (AvgIpc) is 2.19. The van der Waals surface area contributed by atoms with E-state index in [9.17, 15) is 0 Å². The van der Waals surface area contributed by atoms with Gasteiger partial charge in [-0.1, -0.05) is 30.3 Å². The largest absolute Gasteiger partial charge is 0.309 e. The second kappa shape index (κ2) is 5.34. The highest BCUT2D eigenvalue weighted by molar-refractivity contribution is 5.17. The van der Waals surface area contributed by atoms with Gasteiger partial charge in [0.15, 0.2) is 0 Å². The van der Waals surface area contributed by atoms with E-state index in [0.717, 1.165) is 6.54 Å². The topological polar surface area (TPSA) is 35.8 Å². The van der Waals surface area contributed by atoms with Crippen LogP contribution in [0.25, 0.3) is 0 Å². The molecule has 0 unspecified atom stereocenters. The molecule has 0 bridgehead atoms. The highest BCUT2D eigenvalue weighted by Gasteiger charge is 2.01. The molecule has 0 aromatic heterocycles. The maximum absolute atomic E-state index is 8.36. The van der Waals surface area contributed by atoms with Crippen LogP contribution in [0.15, 0.2) is 30.3 Å². The number of nitrogens with one attached hydrogen (secondary N) is 1. The van der Waals surface area contributed by atoms with Crippen molar-refractivity contribution in [2.45, 2.75) is 19.4 Å². The van der Waals surface area contributed by atoms with Crippen molar-refractivity contribution in [1.29, 1.82) is 5.26 Å². The fraction of sp³-hybridized carbons (Fsp3) is 0.364. The lowest BCUT2D eigenvalue weighted by Gasteiger charge is -2.12. The predicted molar refractivity (Wildman–Crippen MR) is 53.1 cm³/mol. The summed E-state index contributed by atoms with van der Waals surface area (Å²) < 4.78 is 0. The Hall–Kier alpha value is -1.33. The predicted octanol–water partition coefficient (Wildman–Crippen LogP) is 2.25. The van der Waals surface area contributed by atoms with Gasteiger partial charge in [-0.05, 0) is 12.5 Å². The fourth-order valence-electron chi connectivity index (χ4n) is 1.20. The van der Waals surface area contributed by atoms with Gasteiger partial charge in [-0.3, -0.25) is 0 Å². The summed E-state index contributed by atoms with van der Waals surface area (Å²) in [6.45, 7) is 2.86. The van der Waals surface area contributed by atoms with Crippen LogP contribution in [0.1, 0.15) is 24.9 Å². The molecule has 0 heterocycles. The van der Waals surface area contributed by atoms with E-state index < -0.39 is 0 Å². The molecule has 2 nitrogen and oxygen atoms in total. The number of benzene rings is 1. The molecular weight excluding hydrogens is 160 g/mol. The van der Waals surface area contributed by atoms with Gasteiger partial charge in [0.25, 0.3) is 0 Å². The molecule has 1 aromatic carbocycles. The second-order valence-electron chi connectivity index (χ2n) is 2.99. The van der Waals surface area contributed by atoms with Crippen molar-refractivity contribution >= 4 is 0 Å². The second-order valence-corrected chi connectivity index (χ2v) is 2.99. The van der Waals surface area contributed by atoms with E-state index in [1.165, 1.54) is 5.56 Å². The molecule has 0 radical (unpaired) electrons. The minimum Gasteiger partial charge on any atom is -0.309 e. The van der Waals surface area contributed by atoms with E-state index in [0.29, 0.717) is 12.5 Å². The summed E-state index contributed by atoms with van der Waals surface area (Å²) in [5.74, 6) is 0. The van der Waals surface area contributed by atoms with Crippen LogP contribution in [0.3, 0.4) is 0 Å². The summed E-state index contributed by atoms with van der Waals surface area (Å²) >= 11 is 0. The molecule has 0 aliphatic carbocycles. The zero-order valence-corrected chi connectivity index (χ0v) is 7.83. The maximum atomic E-state index is 8.36. The third-order valence-electron chi connectivity index (χ3n) is 1.99. The molecule has 0 aliphatic heterocycles. The van der Waals surface area contributed by atoms with Gasteiger partial charge in [0.2, 0.25) is 0 Å². The minimum absolute atomic E-state index is 0.328. The molecule has 68 valence electrons. The third kappa shape index (κ3) is 3.27. The van der Waals surface area contributed by atoms with Gasteiger partial charge < -0.3 is 5.32 Å². The Labute approximate surface area is 79.2 Å². The first-order chi connectivity index (χ1) is 6.34. The first-order valence-electron chi connectivity index (χ1n) is 4.50. The normalized spacial score (nSPS) is 12.0. The van der Waals surface area contributed by atoms with Crippen LogP contribution in [0.2, 0.25) is 0 Å². The van der Waals surface area contributed by atoms with Crippen LogP contribution in [0, 0.1) is 11.3 Å². The lowest BCUT2D eigenvalue weighted by atomic mass is 10.1. The lowest BCUT2D eigenvalue weighted by molar-refractivity contribution is 0.583. The summed E-state index contributed by atoms with van der Waals surface area (Å²) in [7, 11) is 0. The smallest absolute Gasteiger partial charge is 0.0635 e. The van der Waals surface area contributed by atoms with Crippen molar-refractivity contribution in [2.75, 3.05) is 6.54 Å². The summed E-state index contributed by atoms with van der Waals surface area (Å²) in [6, 6.07) is 12.7. The summed E-state index contributed by atoms with van der Waals surface area (Å²) in [4.78, 5) is 0. The number of hydrogen-bond acceptors (Lipinski definition) is 2. The molecule has 2 heteroatoms. The van der Waals surface area contributed by atoms with E-state index in [1.54, 1.807) is 0 Å². The molecule has 0 fully saturated rings. The van der Waals surface area contributed by atoms with Crippen molar-refractivity contribution in [3.8, 4) is 6.07 Å². The van der Waals surface area contributed by atoms with Crippen molar-refractivity contribution in [2.24, 2.45) is 0 Å². The highest BCUT2D eigenvalue weighted by Crippen LogP contribution is 2.10. The number of nitriles is 1. The Morgan fingerprint density at radius 3 is 2.69 bits per heavy atom. The van der Waals surface area contributed by atoms with E-state index in [2.05, 4.69) is 30.4 Å². The van der Waals surface area contributed by atoms with Crippen LogP contribution in [-0.4, -0.2) is 6.54 Å². The molecule has 0 saturated carbocycles. The third-order valence-corrected chi connectivity index (χ3v) is 1.99. The molecule has 1 atom stereocenters. The number of nitrogens with zero attached hydrogens (tertiary/aromatic N) is 1. The van der Waals surface area contributed by atoms with Crippen molar-refractivity contribution in [1.82, 2.24) is 5.32 Å². The van der Waals surface area contributed by atoms with Gasteiger partial charge in [0.1, 0.15) is 0 Å². The Bertz CT molecular complexity index is 274. The van der Waals surface area contributed by atoms with E-state index in [-0.39, 0.29) is 0 Å². The Balaban J connectivity index is 2.41. The van der Waals surface area contributed by atoms with Crippen molar-refractivity contribution in [3.63, 3.8) is 0 Å². The van der Waals surface area contributed by atoms with Gasteiger partial charge in [-0.25, -0.2) is 0 Å². The van der Waals surface area contributed by atoms with Gasteiger partial charge >= 0.3 is 0 Å². The molecule has 0 aliphatic rings. The van der Waals surface area contributed by atoms with Crippen molar-refractivity contribution < 1.29 is 0 Å². The lowest BCUT2D eigenvalue weighted by Crippen LogP contribution is -2.19. The van der Waals surface area contributed by atoms with Gasteiger partial charge in [-0.2, -0.15) is 5.26 Å². The average molecular weight is 174 g/mol. The van der Waals surface area contributed by atoms with Crippen LogP contribution < -0.4 is 5.32 Å². The Morgan fingerprint density at radius 1 is 1.38 bits per heavy atom. The first kappa shape index (κ1) is 9.76. The zero-order valence-electron chi connectivity index (χ0n) is 7.83. The molecular formula is C11H14N2. The first-order valence-corrected chi connectivity index (χ1v) is 4.50. The summed E-state index contributed by atoms with van der Waals surface area (Å²) in [5.41, 5.74) is 1.26. The molecule has 1 aromatic rings. The molecule has 1 N–H and O–H groups in total. The number of hydrogen-bond donors (Lipinski definition) is 1. The van der Waals surface area contributed by atoms with Gasteiger partial charge in [-0.15, -0.1) is 0 Å². The Kier molecular flexibility index (Phi) is 4.01. The van der Waals surface area contributed by atoms with Crippen LogP contribution in [-0.2, 0) is 0 Å². The summed E-state index contributed by atoms with van der Waals surface area (Å²) in [5, 5.41) is 11.6. The fourth-order valence-corrected chi connectivity index (χ4v) is 1.20. The molecule has 1 rings (SSSR count). The molecule has 13 heavy (non-hydrogen) atoms. The van der Waals surface area contributed by atoms with Gasteiger partial charge in [0.05, 0.1) is 6.07 Å². The molecule has 0 amide bonds. The highest BCUT2D eigenvalue weighted by atomic mass is 14.9. The van der Waals surface area contributed by atoms with Crippen LogP contribution >= 0.6 is 0 Å². The standard InChI is InChI=1S/C11H14N2/c1-10(13-9-5-8-12)11-6-3-2-4-7-11/h2-4,6-7,10,13H,5,9H2,1H3/t10-/m0/s1. The van der Waals surface area contributed by atoms with E-state index in [1.807, 2.05) is 18.2 Å². The monoisotopic (exact) mass is 174 g/mol. The number of rotatable bonds is 4. The maximum Gasteiger partial charge on any atom is 0.0635 e.